The van der Waals surface area contributed by atoms with E-state index < -0.39 is 5.82 Å². The second kappa shape index (κ2) is 9.50. The van der Waals surface area contributed by atoms with Crippen LogP contribution in [0.5, 0.6) is 5.75 Å². The number of aromatic nitrogens is 3. The molecule has 2 fully saturated rings. The van der Waals surface area contributed by atoms with Crippen LogP contribution in [0.3, 0.4) is 0 Å². The molecule has 34 heavy (non-hydrogen) atoms. The van der Waals surface area contributed by atoms with Gasteiger partial charge in [0, 0.05) is 49.6 Å². The maximum absolute atomic E-state index is 14.0. The lowest BCUT2D eigenvalue weighted by Gasteiger charge is -2.46. The summed E-state index contributed by atoms with van der Waals surface area (Å²) in [5.41, 5.74) is 0.907. The molecule has 2 aliphatic rings. The highest BCUT2D eigenvalue weighted by Crippen LogP contribution is 2.39. The number of ether oxygens (including phenoxy) is 2. The van der Waals surface area contributed by atoms with Gasteiger partial charge >= 0.3 is 0 Å². The minimum absolute atomic E-state index is 0.129. The van der Waals surface area contributed by atoms with Gasteiger partial charge in [-0.2, -0.15) is 4.98 Å². The van der Waals surface area contributed by atoms with E-state index in [1.165, 1.54) is 19.2 Å². The average Bonchev–Trinajstić information content (AvgIpc) is 3.33. The van der Waals surface area contributed by atoms with Crippen LogP contribution in [-0.2, 0) is 11.2 Å². The third-order valence-corrected chi connectivity index (χ3v) is 6.81. The van der Waals surface area contributed by atoms with Crippen LogP contribution in [0.2, 0.25) is 0 Å². The van der Waals surface area contributed by atoms with E-state index in [1.54, 1.807) is 23.4 Å². The lowest BCUT2D eigenvalue weighted by atomic mass is 9.78. The number of nitrogens with zero attached hydrogens (tertiary/aromatic N) is 4. The topological polar surface area (TPSA) is 90.6 Å². The Morgan fingerprint density at radius 1 is 1.29 bits per heavy atom. The predicted octanol–water partition coefficient (Wildman–Crippen LogP) is 3.92. The van der Waals surface area contributed by atoms with Crippen LogP contribution in [0.15, 0.2) is 47.2 Å². The lowest BCUT2D eigenvalue weighted by molar-refractivity contribution is -0.124. The third kappa shape index (κ3) is 4.65. The number of carbonyl (C=O) groups is 1. The van der Waals surface area contributed by atoms with Crippen molar-refractivity contribution in [1.82, 2.24) is 20.0 Å². The second-order valence-electron chi connectivity index (χ2n) is 8.99. The molecule has 0 N–H and O–H groups in total. The number of hydrogen-bond acceptors (Lipinski definition) is 7. The van der Waals surface area contributed by atoms with Crippen molar-refractivity contribution in [3.05, 3.63) is 60.0 Å². The summed E-state index contributed by atoms with van der Waals surface area (Å²) in [6, 6.07) is 8.07. The molecule has 0 aliphatic carbocycles. The molecule has 8 nitrogen and oxygen atoms in total. The fourth-order valence-corrected chi connectivity index (χ4v) is 4.95. The highest BCUT2D eigenvalue weighted by atomic mass is 19.1. The second-order valence-corrected chi connectivity index (χ2v) is 8.99. The summed E-state index contributed by atoms with van der Waals surface area (Å²) in [5, 5.41) is 4.10. The monoisotopic (exact) mass is 466 g/mol. The Kier molecular flexibility index (Phi) is 6.28. The summed E-state index contributed by atoms with van der Waals surface area (Å²) < 4.78 is 30.7. The lowest BCUT2D eigenvalue weighted by Crippen LogP contribution is -2.51. The van der Waals surface area contributed by atoms with E-state index in [2.05, 4.69) is 15.1 Å². The molecule has 2 aliphatic heterocycles. The van der Waals surface area contributed by atoms with Crippen molar-refractivity contribution < 1.29 is 23.2 Å². The normalized spacial score (nSPS) is 19.8. The van der Waals surface area contributed by atoms with Gasteiger partial charge in [-0.05, 0) is 61.9 Å². The molecule has 2 saturated heterocycles. The van der Waals surface area contributed by atoms with Gasteiger partial charge in [-0.25, -0.2) is 4.39 Å². The molecule has 5 rings (SSSR count). The number of piperidine rings is 1. The molecule has 9 heteroatoms. The maximum atomic E-state index is 14.0. The van der Waals surface area contributed by atoms with Crippen LogP contribution in [0.25, 0.3) is 11.4 Å². The first kappa shape index (κ1) is 22.5. The van der Waals surface area contributed by atoms with E-state index in [4.69, 9.17) is 14.0 Å². The largest absolute Gasteiger partial charge is 0.494 e. The summed E-state index contributed by atoms with van der Waals surface area (Å²) in [6.45, 7) is 1.82. The summed E-state index contributed by atoms with van der Waals surface area (Å²) in [5.74, 6) is 0.964. The van der Waals surface area contributed by atoms with E-state index in [1.807, 2.05) is 12.1 Å². The van der Waals surface area contributed by atoms with Crippen LogP contribution in [-0.4, -0.2) is 58.3 Å². The Labute approximate surface area is 197 Å². The zero-order valence-corrected chi connectivity index (χ0v) is 19.1. The molecular formula is C25H27FN4O4. The number of carbonyl (C=O) groups excluding carboxylic acids is 1. The van der Waals surface area contributed by atoms with Gasteiger partial charge in [0.05, 0.1) is 12.7 Å². The summed E-state index contributed by atoms with van der Waals surface area (Å²) in [4.78, 5) is 23.3. The molecular weight excluding hydrogens is 439 g/mol. The van der Waals surface area contributed by atoms with E-state index in [9.17, 15) is 9.18 Å². The van der Waals surface area contributed by atoms with Gasteiger partial charge in [0.15, 0.2) is 11.6 Å². The molecule has 0 bridgehead atoms. The Balaban J connectivity index is 1.19. The van der Waals surface area contributed by atoms with Crippen LogP contribution >= 0.6 is 0 Å². The molecule has 1 atom stereocenters. The molecule has 0 saturated carbocycles. The quantitative estimate of drug-likeness (QED) is 0.563. The zero-order valence-electron chi connectivity index (χ0n) is 19.1. The fraction of sp³-hybridized carbons (Fsp3) is 0.440. The fourth-order valence-electron chi connectivity index (χ4n) is 4.95. The first-order chi connectivity index (χ1) is 16.5. The average molecular weight is 467 g/mol. The Morgan fingerprint density at radius 2 is 2.15 bits per heavy atom. The molecule has 1 unspecified atom stereocenters. The Hall–Kier alpha value is -3.33. The van der Waals surface area contributed by atoms with Gasteiger partial charge in [-0.1, -0.05) is 5.16 Å². The number of amides is 1. The number of methoxy groups -OCH3 is 1. The minimum Gasteiger partial charge on any atom is -0.494 e. The highest BCUT2D eigenvalue weighted by molar-refractivity contribution is 5.94. The molecule has 1 spiro atoms. The first-order valence-corrected chi connectivity index (χ1v) is 11.5. The van der Waals surface area contributed by atoms with E-state index >= 15 is 0 Å². The summed E-state index contributed by atoms with van der Waals surface area (Å²) in [6.07, 6.45) is 7.44. The SMILES string of the molecule is COc1ccc(C(=O)N2CCC3(CC2)CC(Cc2nc(-c4cccnc4)no2)CCO3)cc1F. The molecule has 178 valence electrons. The van der Waals surface area contributed by atoms with E-state index in [0.29, 0.717) is 49.3 Å². The van der Waals surface area contributed by atoms with E-state index in [-0.39, 0.29) is 17.3 Å². The molecule has 1 amide bonds. The highest BCUT2D eigenvalue weighted by Gasteiger charge is 2.41. The van der Waals surface area contributed by atoms with Crippen LogP contribution in [0.4, 0.5) is 4.39 Å². The van der Waals surface area contributed by atoms with E-state index in [0.717, 1.165) is 31.2 Å². The van der Waals surface area contributed by atoms with Crippen LogP contribution in [0, 0.1) is 11.7 Å². The Morgan fingerprint density at radius 3 is 2.88 bits per heavy atom. The number of pyridine rings is 1. The Bertz CT molecular complexity index is 1140. The van der Waals surface area contributed by atoms with Crippen molar-refractivity contribution in [2.24, 2.45) is 5.92 Å². The van der Waals surface area contributed by atoms with Crippen molar-refractivity contribution in [3.8, 4) is 17.1 Å². The molecule has 3 aromatic rings. The van der Waals surface area contributed by atoms with Gasteiger partial charge in [0.2, 0.25) is 11.7 Å². The van der Waals surface area contributed by atoms with Crippen molar-refractivity contribution in [1.29, 1.82) is 0 Å². The number of likely N-dealkylation sites (tertiary alicyclic amines) is 1. The molecule has 4 heterocycles. The summed E-state index contributed by atoms with van der Waals surface area (Å²) in [7, 11) is 1.40. The van der Waals surface area contributed by atoms with Gasteiger partial charge in [0.1, 0.15) is 0 Å². The molecule has 1 aromatic carbocycles. The van der Waals surface area contributed by atoms with Crippen LogP contribution < -0.4 is 4.74 Å². The first-order valence-electron chi connectivity index (χ1n) is 11.5. The van der Waals surface area contributed by atoms with Crippen LogP contribution in [0.1, 0.15) is 41.9 Å². The smallest absolute Gasteiger partial charge is 0.253 e. The number of rotatable bonds is 5. The van der Waals surface area contributed by atoms with Crippen molar-refractivity contribution in [2.75, 3.05) is 26.8 Å². The zero-order chi connectivity index (χ0) is 23.5. The third-order valence-electron chi connectivity index (χ3n) is 6.81. The van der Waals surface area contributed by atoms with Crippen molar-refractivity contribution >= 4 is 5.91 Å². The molecule has 0 radical (unpaired) electrons. The van der Waals surface area contributed by atoms with Gasteiger partial charge in [0.25, 0.3) is 5.91 Å². The number of hydrogen-bond donors (Lipinski definition) is 0. The number of benzene rings is 1. The standard InChI is InChI=1S/C25H27FN4O4/c1-32-21-5-4-18(14-20(21)26)24(31)30-10-7-25(8-11-30)15-17(6-12-33-25)13-22-28-23(29-34-22)19-3-2-9-27-16-19/h2-5,9,14,16-17H,6-8,10-13,15H2,1H3. The predicted molar refractivity (Wildman–Crippen MR) is 121 cm³/mol. The van der Waals surface area contributed by atoms with Gasteiger partial charge in [-0.15, -0.1) is 0 Å². The minimum atomic E-state index is -0.534. The van der Waals surface area contributed by atoms with Gasteiger partial charge in [-0.3, -0.25) is 9.78 Å². The van der Waals surface area contributed by atoms with Gasteiger partial charge < -0.3 is 18.9 Å². The maximum Gasteiger partial charge on any atom is 0.253 e. The van der Waals surface area contributed by atoms with Crippen molar-refractivity contribution in [3.63, 3.8) is 0 Å². The molecule has 2 aromatic heterocycles. The summed E-state index contributed by atoms with van der Waals surface area (Å²) >= 11 is 0. The number of halogens is 1. The van der Waals surface area contributed by atoms with Crippen molar-refractivity contribution in [2.45, 2.75) is 37.7 Å².